The highest BCUT2D eigenvalue weighted by Gasteiger charge is 2.51. The van der Waals surface area contributed by atoms with Crippen molar-refractivity contribution in [2.45, 2.75) is 16.6 Å². The van der Waals surface area contributed by atoms with Crippen LogP contribution in [0.2, 0.25) is 5.02 Å². The van der Waals surface area contributed by atoms with Gasteiger partial charge in [-0.2, -0.15) is 9.57 Å². The zero-order valence-corrected chi connectivity index (χ0v) is 18.4. The quantitative estimate of drug-likeness (QED) is 0.550. The van der Waals surface area contributed by atoms with Crippen LogP contribution in [-0.4, -0.2) is 54.3 Å². The number of aliphatic hydroxyl groups excluding tert-OH is 1. The summed E-state index contributed by atoms with van der Waals surface area (Å²) in [5.74, 6) is -0.824. The minimum Gasteiger partial charge on any atom is -0.486 e. The number of aliphatic hydroxyl groups is 2. The van der Waals surface area contributed by atoms with Crippen LogP contribution in [0.4, 0.5) is 4.39 Å². The molecule has 0 bridgehead atoms. The Morgan fingerprint density at radius 1 is 1.38 bits per heavy atom. The lowest BCUT2D eigenvalue weighted by Gasteiger charge is -2.27. The Morgan fingerprint density at radius 2 is 2.10 bits per heavy atom. The lowest BCUT2D eigenvalue weighted by atomic mass is 10.0. The van der Waals surface area contributed by atoms with Gasteiger partial charge in [0.15, 0.2) is 0 Å². The zero-order chi connectivity index (χ0) is 21.4. The number of rotatable bonds is 5. The van der Waals surface area contributed by atoms with Crippen LogP contribution in [0.1, 0.15) is 5.56 Å². The van der Waals surface area contributed by atoms with Crippen LogP contribution in [0.3, 0.4) is 0 Å². The van der Waals surface area contributed by atoms with Crippen molar-refractivity contribution in [1.29, 1.82) is 5.26 Å². The Balaban J connectivity index is 1.89. The van der Waals surface area contributed by atoms with Crippen LogP contribution >= 0.6 is 34.2 Å². The molecule has 1 saturated heterocycles. The van der Waals surface area contributed by atoms with Crippen LogP contribution in [0.15, 0.2) is 41.3 Å². The largest absolute Gasteiger partial charge is 0.486 e. The Morgan fingerprint density at radius 3 is 2.69 bits per heavy atom. The van der Waals surface area contributed by atoms with Gasteiger partial charge in [0.25, 0.3) is 0 Å². The fraction of sp³-hybridized carbons (Fsp3) is 0.278. The minimum atomic E-state index is -4.08. The molecule has 7 nitrogen and oxygen atoms in total. The zero-order valence-electron chi connectivity index (χ0n) is 14.7. The fourth-order valence-corrected chi connectivity index (χ4v) is 5.65. The molecule has 11 heteroatoms. The first kappa shape index (κ1) is 22.2. The maximum absolute atomic E-state index is 13.8. The number of ether oxygens (including phenoxy) is 1. The van der Waals surface area contributed by atoms with Crippen molar-refractivity contribution >= 4 is 44.2 Å². The second-order valence-electron chi connectivity index (χ2n) is 6.49. The molecule has 1 aliphatic rings. The Bertz CT molecular complexity index is 1090. The van der Waals surface area contributed by atoms with Crippen LogP contribution in [0.25, 0.3) is 0 Å². The van der Waals surface area contributed by atoms with E-state index >= 15 is 0 Å². The molecule has 1 unspecified atom stereocenters. The predicted molar refractivity (Wildman–Crippen MR) is 110 cm³/mol. The summed E-state index contributed by atoms with van der Waals surface area (Å²) in [5, 5.41) is 29.2. The predicted octanol–water partition coefficient (Wildman–Crippen LogP) is 2.13. The van der Waals surface area contributed by atoms with Crippen LogP contribution in [0, 0.1) is 20.7 Å². The van der Waals surface area contributed by atoms with Crippen molar-refractivity contribution in [3.63, 3.8) is 0 Å². The van der Waals surface area contributed by atoms with Crippen molar-refractivity contribution in [3.8, 4) is 11.8 Å². The van der Waals surface area contributed by atoms with E-state index in [4.69, 9.17) is 21.6 Å². The summed E-state index contributed by atoms with van der Waals surface area (Å²) in [7, 11) is -4.08. The van der Waals surface area contributed by atoms with Gasteiger partial charge in [0, 0.05) is 16.2 Å². The van der Waals surface area contributed by atoms with Gasteiger partial charge >= 0.3 is 0 Å². The van der Waals surface area contributed by atoms with Gasteiger partial charge in [0.2, 0.25) is 10.0 Å². The summed E-state index contributed by atoms with van der Waals surface area (Å²) in [5.41, 5.74) is -2.09. The number of benzene rings is 2. The number of hydrogen-bond donors (Lipinski definition) is 2. The molecular formula is C18H15ClFIN2O5S. The lowest BCUT2D eigenvalue weighted by Crippen LogP contribution is -2.48. The van der Waals surface area contributed by atoms with Crippen molar-refractivity contribution in [3.05, 3.63) is 56.4 Å². The van der Waals surface area contributed by atoms with Crippen LogP contribution < -0.4 is 4.74 Å². The van der Waals surface area contributed by atoms with E-state index in [1.54, 1.807) is 12.1 Å². The third-order valence-electron chi connectivity index (χ3n) is 4.54. The van der Waals surface area contributed by atoms with Crippen molar-refractivity contribution < 1.29 is 27.8 Å². The number of β-amino-alcohol motifs (C(OH)–C–C–N with tert-alkyl or cyclic N) is 1. The summed E-state index contributed by atoms with van der Waals surface area (Å²) in [6.07, 6.45) is -1.17. The molecule has 0 aromatic heterocycles. The molecule has 0 spiro atoms. The normalized spacial score (nSPS) is 22.4. The van der Waals surface area contributed by atoms with E-state index in [1.165, 1.54) is 24.3 Å². The number of halogens is 3. The SMILES string of the molecule is N#Cc1ccc(OC2CN(S(=O)(=O)c3ccc(I)cc3Cl)C[C@@]2(O)CO)cc1F. The van der Waals surface area contributed by atoms with E-state index in [1.807, 2.05) is 22.6 Å². The van der Waals surface area contributed by atoms with Gasteiger partial charge in [0.1, 0.15) is 34.2 Å². The van der Waals surface area contributed by atoms with E-state index < -0.39 is 40.7 Å². The molecule has 29 heavy (non-hydrogen) atoms. The van der Waals surface area contributed by atoms with Crippen molar-refractivity contribution in [1.82, 2.24) is 4.31 Å². The molecule has 154 valence electrons. The number of nitrogens with zero attached hydrogens (tertiary/aromatic N) is 2. The molecule has 2 N–H and O–H groups in total. The Kier molecular flexibility index (Phi) is 6.38. The molecule has 0 amide bonds. The maximum Gasteiger partial charge on any atom is 0.244 e. The monoisotopic (exact) mass is 552 g/mol. The number of sulfonamides is 1. The molecule has 1 aliphatic heterocycles. The fourth-order valence-electron chi connectivity index (χ4n) is 2.96. The van der Waals surface area contributed by atoms with E-state index in [9.17, 15) is 23.0 Å². The second-order valence-corrected chi connectivity index (χ2v) is 10.1. The van der Waals surface area contributed by atoms with Gasteiger partial charge in [-0.3, -0.25) is 0 Å². The summed E-state index contributed by atoms with van der Waals surface area (Å²) in [4.78, 5) is -0.134. The van der Waals surface area contributed by atoms with Crippen LogP contribution in [-0.2, 0) is 10.0 Å². The highest BCUT2D eigenvalue weighted by Crippen LogP contribution is 2.33. The van der Waals surface area contributed by atoms with Crippen LogP contribution in [0.5, 0.6) is 5.75 Å². The number of hydrogen-bond acceptors (Lipinski definition) is 6. The van der Waals surface area contributed by atoms with E-state index in [0.29, 0.717) is 0 Å². The molecule has 2 aromatic rings. The average molecular weight is 553 g/mol. The molecule has 1 heterocycles. The second kappa shape index (κ2) is 8.33. The van der Waals surface area contributed by atoms with Gasteiger partial charge in [-0.05, 0) is 52.9 Å². The first-order valence-electron chi connectivity index (χ1n) is 8.25. The summed E-state index contributed by atoms with van der Waals surface area (Å²) in [6.45, 7) is -1.50. The van der Waals surface area contributed by atoms with Crippen molar-refractivity contribution in [2.24, 2.45) is 0 Å². The standard InChI is InChI=1S/C18H15ClFIN2O5S/c19-14-5-12(21)2-4-16(14)29(26,27)23-8-17(18(25,9-23)10-24)28-13-3-1-11(7-22)15(20)6-13/h1-6,17,24-25H,8-10H2/t17?,18-/m1/s1. The Hall–Kier alpha value is -1.49. The summed E-state index contributed by atoms with van der Waals surface area (Å²) in [6, 6.07) is 9.61. The summed E-state index contributed by atoms with van der Waals surface area (Å²) < 4.78 is 47.1. The van der Waals surface area contributed by atoms with E-state index in [2.05, 4.69) is 0 Å². The molecule has 1 fully saturated rings. The van der Waals surface area contributed by atoms with Gasteiger partial charge in [0.05, 0.1) is 23.7 Å². The van der Waals surface area contributed by atoms with Crippen molar-refractivity contribution in [2.75, 3.05) is 19.7 Å². The minimum absolute atomic E-state index is 0.00933. The highest BCUT2D eigenvalue weighted by atomic mass is 127. The number of nitriles is 1. The maximum atomic E-state index is 13.8. The average Bonchev–Trinajstić information content (AvgIpc) is 2.99. The van der Waals surface area contributed by atoms with E-state index in [-0.39, 0.29) is 27.8 Å². The molecular weight excluding hydrogens is 538 g/mol. The van der Waals surface area contributed by atoms with Gasteiger partial charge in [-0.1, -0.05) is 11.6 Å². The molecule has 0 aliphatic carbocycles. The Labute approximate surface area is 185 Å². The molecule has 0 saturated carbocycles. The van der Waals surface area contributed by atoms with Gasteiger partial charge < -0.3 is 14.9 Å². The first-order chi connectivity index (χ1) is 13.6. The third kappa shape index (κ3) is 4.35. The highest BCUT2D eigenvalue weighted by molar-refractivity contribution is 14.1. The molecule has 2 aromatic carbocycles. The molecule has 0 radical (unpaired) electrons. The smallest absolute Gasteiger partial charge is 0.244 e. The third-order valence-corrected chi connectivity index (χ3v) is 7.51. The van der Waals surface area contributed by atoms with Gasteiger partial charge in [-0.25, -0.2) is 12.8 Å². The van der Waals surface area contributed by atoms with E-state index in [0.717, 1.165) is 13.9 Å². The molecule has 2 atom stereocenters. The summed E-state index contributed by atoms with van der Waals surface area (Å²) >= 11 is 8.08. The van der Waals surface area contributed by atoms with Gasteiger partial charge in [-0.15, -0.1) is 0 Å². The topological polar surface area (TPSA) is 111 Å². The first-order valence-corrected chi connectivity index (χ1v) is 11.1. The lowest BCUT2D eigenvalue weighted by molar-refractivity contribution is -0.0641. The molecule has 3 rings (SSSR count).